The summed E-state index contributed by atoms with van der Waals surface area (Å²) in [6, 6.07) is 3.01. The highest BCUT2D eigenvalue weighted by Crippen LogP contribution is 2.34. The highest BCUT2D eigenvalue weighted by molar-refractivity contribution is 9.10. The predicted molar refractivity (Wildman–Crippen MR) is 59.7 cm³/mol. The lowest BCUT2D eigenvalue weighted by atomic mass is 10.1. The van der Waals surface area contributed by atoms with E-state index in [4.69, 9.17) is 27.2 Å². The lowest BCUT2D eigenvalue weighted by molar-refractivity contribution is 0.264. The van der Waals surface area contributed by atoms with E-state index in [0.717, 1.165) is 4.47 Å². The number of halogens is 2. The van der Waals surface area contributed by atoms with Crippen molar-refractivity contribution in [1.82, 2.24) is 0 Å². The number of methoxy groups -OCH3 is 1. The third kappa shape index (κ3) is 2.39. The number of ether oxygens (including phenoxy) is 1. The van der Waals surface area contributed by atoms with Crippen molar-refractivity contribution in [2.45, 2.75) is 6.04 Å². The van der Waals surface area contributed by atoms with Crippen molar-refractivity contribution < 1.29 is 9.84 Å². The molecule has 0 radical (unpaired) electrons. The van der Waals surface area contributed by atoms with E-state index >= 15 is 0 Å². The van der Waals surface area contributed by atoms with Crippen LogP contribution in [-0.4, -0.2) is 18.8 Å². The molecule has 0 spiro atoms. The zero-order valence-corrected chi connectivity index (χ0v) is 9.97. The summed E-state index contributed by atoms with van der Waals surface area (Å²) in [7, 11) is 1.52. The molecule has 0 aliphatic rings. The molecule has 0 saturated carbocycles. The maximum atomic E-state index is 8.95. The largest absolute Gasteiger partial charge is 0.495 e. The van der Waals surface area contributed by atoms with Gasteiger partial charge in [0, 0.05) is 10.0 Å². The minimum absolute atomic E-state index is 0.150. The Bertz CT molecular complexity index is 333. The Morgan fingerprint density at radius 3 is 2.79 bits per heavy atom. The zero-order chi connectivity index (χ0) is 10.7. The zero-order valence-electron chi connectivity index (χ0n) is 7.63. The smallest absolute Gasteiger partial charge is 0.142 e. The topological polar surface area (TPSA) is 55.5 Å². The molecule has 1 rings (SSSR count). The third-order valence-electron chi connectivity index (χ3n) is 1.84. The van der Waals surface area contributed by atoms with E-state index in [0.29, 0.717) is 16.3 Å². The summed E-state index contributed by atoms with van der Waals surface area (Å²) in [6.45, 7) is -0.150. The molecule has 1 atom stereocenters. The SMILES string of the molecule is COc1c(Cl)cc(Br)cc1C(N)CO. The first-order chi connectivity index (χ1) is 6.60. The van der Waals surface area contributed by atoms with E-state index < -0.39 is 6.04 Å². The van der Waals surface area contributed by atoms with E-state index in [1.807, 2.05) is 0 Å². The molecule has 1 aromatic rings. The predicted octanol–water partition coefficient (Wildman–Crippen LogP) is 2.10. The van der Waals surface area contributed by atoms with Gasteiger partial charge < -0.3 is 15.6 Å². The van der Waals surface area contributed by atoms with Crippen LogP contribution in [0.25, 0.3) is 0 Å². The lowest BCUT2D eigenvalue weighted by Gasteiger charge is -2.15. The Morgan fingerprint density at radius 1 is 1.64 bits per heavy atom. The summed E-state index contributed by atoms with van der Waals surface area (Å²) in [6.07, 6.45) is 0. The average Bonchev–Trinajstić information content (AvgIpc) is 2.15. The van der Waals surface area contributed by atoms with Crippen molar-refractivity contribution in [2.75, 3.05) is 13.7 Å². The van der Waals surface area contributed by atoms with E-state index in [9.17, 15) is 0 Å². The molecule has 0 aliphatic heterocycles. The molecular formula is C9H11BrClNO2. The van der Waals surface area contributed by atoms with Crippen molar-refractivity contribution in [2.24, 2.45) is 5.73 Å². The molecule has 0 saturated heterocycles. The molecule has 0 aliphatic carbocycles. The van der Waals surface area contributed by atoms with Crippen LogP contribution in [-0.2, 0) is 0 Å². The fourth-order valence-electron chi connectivity index (χ4n) is 1.17. The number of benzene rings is 1. The Balaban J connectivity index is 3.24. The van der Waals surface area contributed by atoms with Crippen LogP contribution in [0.2, 0.25) is 5.02 Å². The minimum Gasteiger partial charge on any atom is -0.495 e. The monoisotopic (exact) mass is 279 g/mol. The second-order valence-corrected chi connectivity index (χ2v) is 4.12. The first-order valence-electron chi connectivity index (χ1n) is 3.99. The van der Waals surface area contributed by atoms with Gasteiger partial charge in [-0.2, -0.15) is 0 Å². The van der Waals surface area contributed by atoms with Gasteiger partial charge in [-0.15, -0.1) is 0 Å². The second-order valence-electron chi connectivity index (χ2n) is 2.80. The van der Waals surface area contributed by atoms with E-state index in [-0.39, 0.29) is 6.61 Å². The number of hydrogen-bond acceptors (Lipinski definition) is 3. The van der Waals surface area contributed by atoms with Crippen LogP contribution >= 0.6 is 27.5 Å². The quantitative estimate of drug-likeness (QED) is 0.891. The summed E-state index contributed by atoms with van der Waals surface area (Å²) in [5, 5.41) is 9.42. The Hall–Kier alpha value is -0.290. The number of aliphatic hydroxyl groups excluding tert-OH is 1. The van der Waals surface area contributed by atoms with Gasteiger partial charge in [-0.25, -0.2) is 0 Å². The van der Waals surface area contributed by atoms with E-state index in [1.54, 1.807) is 12.1 Å². The van der Waals surface area contributed by atoms with Crippen LogP contribution in [0.3, 0.4) is 0 Å². The van der Waals surface area contributed by atoms with Crippen LogP contribution in [0, 0.1) is 0 Å². The van der Waals surface area contributed by atoms with Crippen LogP contribution in [0.15, 0.2) is 16.6 Å². The molecule has 3 N–H and O–H groups in total. The maximum absolute atomic E-state index is 8.95. The van der Waals surface area contributed by atoms with E-state index in [1.165, 1.54) is 7.11 Å². The molecule has 0 aromatic heterocycles. The Morgan fingerprint density at radius 2 is 2.29 bits per heavy atom. The number of hydrogen-bond donors (Lipinski definition) is 2. The lowest BCUT2D eigenvalue weighted by Crippen LogP contribution is -2.15. The molecule has 0 heterocycles. The number of rotatable bonds is 3. The fraction of sp³-hybridized carbons (Fsp3) is 0.333. The molecule has 3 nitrogen and oxygen atoms in total. The maximum Gasteiger partial charge on any atom is 0.142 e. The summed E-state index contributed by atoms with van der Waals surface area (Å²) >= 11 is 9.24. The first kappa shape index (κ1) is 11.8. The summed E-state index contributed by atoms with van der Waals surface area (Å²) < 4.78 is 5.92. The van der Waals surface area contributed by atoms with Crippen molar-refractivity contribution in [3.63, 3.8) is 0 Å². The molecule has 78 valence electrons. The van der Waals surface area contributed by atoms with Gasteiger partial charge in [-0.05, 0) is 12.1 Å². The fourth-order valence-corrected chi connectivity index (χ4v) is 2.08. The van der Waals surface area contributed by atoms with Crippen molar-refractivity contribution >= 4 is 27.5 Å². The van der Waals surface area contributed by atoms with Gasteiger partial charge >= 0.3 is 0 Å². The molecule has 1 aromatic carbocycles. The first-order valence-corrected chi connectivity index (χ1v) is 5.16. The van der Waals surface area contributed by atoms with Crippen molar-refractivity contribution in [3.8, 4) is 5.75 Å². The molecule has 5 heteroatoms. The normalized spacial score (nSPS) is 12.6. The molecule has 0 bridgehead atoms. The summed E-state index contributed by atoms with van der Waals surface area (Å²) in [5.74, 6) is 0.511. The number of nitrogens with two attached hydrogens (primary N) is 1. The van der Waals surface area contributed by atoms with Gasteiger partial charge in [-0.3, -0.25) is 0 Å². The van der Waals surface area contributed by atoms with Gasteiger partial charge in [0.1, 0.15) is 5.75 Å². The van der Waals surface area contributed by atoms with Crippen LogP contribution in [0.4, 0.5) is 0 Å². The highest BCUT2D eigenvalue weighted by atomic mass is 79.9. The minimum atomic E-state index is -0.486. The molecule has 0 fully saturated rings. The Kier molecular flexibility index (Phi) is 4.19. The van der Waals surface area contributed by atoms with Crippen molar-refractivity contribution in [3.05, 3.63) is 27.2 Å². The standard InChI is InChI=1S/C9H11BrClNO2/c1-14-9-6(8(12)4-13)2-5(10)3-7(9)11/h2-3,8,13H,4,12H2,1H3. The van der Waals surface area contributed by atoms with Crippen LogP contribution in [0.1, 0.15) is 11.6 Å². The van der Waals surface area contributed by atoms with Gasteiger partial charge in [0.15, 0.2) is 0 Å². The summed E-state index contributed by atoms with van der Waals surface area (Å²) in [5.41, 5.74) is 6.39. The highest BCUT2D eigenvalue weighted by Gasteiger charge is 2.14. The summed E-state index contributed by atoms with van der Waals surface area (Å²) in [4.78, 5) is 0. The second kappa shape index (κ2) is 4.98. The third-order valence-corrected chi connectivity index (χ3v) is 2.58. The molecule has 1 unspecified atom stereocenters. The van der Waals surface area contributed by atoms with Crippen LogP contribution in [0.5, 0.6) is 5.75 Å². The molecular weight excluding hydrogens is 269 g/mol. The van der Waals surface area contributed by atoms with Crippen molar-refractivity contribution in [1.29, 1.82) is 0 Å². The number of aliphatic hydroxyl groups is 1. The Labute approximate surface area is 95.9 Å². The van der Waals surface area contributed by atoms with Crippen LogP contribution < -0.4 is 10.5 Å². The average molecular weight is 281 g/mol. The molecule has 0 amide bonds. The van der Waals surface area contributed by atoms with Gasteiger partial charge in [0.2, 0.25) is 0 Å². The van der Waals surface area contributed by atoms with Gasteiger partial charge in [-0.1, -0.05) is 27.5 Å². The van der Waals surface area contributed by atoms with Gasteiger partial charge in [0.25, 0.3) is 0 Å². The van der Waals surface area contributed by atoms with Gasteiger partial charge in [0.05, 0.1) is 24.8 Å². The van der Waals surface area contributed by atoms with E-state index in [2.05, 4.69) is 15.9 Å². The molecule has 14 heavy (non-hydrogen) atoms.